The summed E-state index contributed by atoms with van der Waals surface area (Å²) in [5, 5.41) is 0. The SMILES string of the molecule is CCCCCOc1ncnc(F)n1. The first-order chi connectivity index (χ1) is 6.33. The molecule has 13 heavy (non-hydrogen) atoms. The Labute approximate surface area is 76.2 Å². The molecule has 5 heteroatoms. The second kappa shape index (κ2) is 5.40. The second-order valence-corrected chi connectivity index (χ2v) is 2.59. The van der Waals surface area contributed by atoms with Gasteiger partial charge in [-0.05, 0) is 6.42 Å². The lowest BCUT2D eigenvalue weighted by atomic mass is 10.3. The van der Waals surface area contributed by atoms with Crippen LogP contribution in [0.15, 0.2) is 6.33 Å². The summed E-state index contributed by atoms with van der Waals surface area (Å²) >= 11 is 0. The number of aromatic nitrogens is 3. The van der Waals surface area contributed by atoms with Crippen molar-refractivity contribution in [2.45, 2.75) is 26.2 Å². The molecule has 0 aromatic carbocycles. The van der Waals surface area contributed by atoms with Crippen LogP contribution >= 0.6 is 0 Å². The number of rotatable bonds is 5. The second-order valence-electron chi connectivity index (χ2n) is 2.59. The lowest BCUT2D eigenvalue weighted by Crippen LogP contribution is -2.02. The molecule has 4 nitrogen and oxygen atoms in total. The van der Waals surface area contributed by atoms with Crippen molar-refractivity contribution in [3.05, 3.63) is 12.4 Å². The van der Waals surface area contributed by atoms with Gasteiger partial charge in [-0.1, -0.05) is 19.8 Å². The molecule has 0 bridgehead atoms. The van der Waals surface area contributed by atoms with E-state index in [4.69, 9.17) is 4.74 Å². The molecule has 1 aromatic rings. The third-order valence-corrected chi connectivity index (χ3v) is 1.50. The first-order valence-electron chi connectivity index (χ1n) is 4.30. The summed E-state index contributed by atoms with van der Waals surface area (Å²) in [5.74, 6) is 0. The molecule has 0 saturated carbocycles. The van der Waals surface area contributed by atoms with Crippen LogP contribution in [-0.2, 0) is 0 Å². The molecule has 0 radical (unpaired) electrons. The maximum Gasteiger partial charge on any atom is 0.321 e. The monoisotopic (exact) mass is 185 g/mol. The minimum Gasteiger partial charge on any atom is -0.463 e. The summed E-state index contributed by atoms with van der Waals surface area (Å²) < 4.78 is 17.5. The standard InChI is InChI=1S/C8H12FN3O/c1-2-3-4-5-13-8-11-6-10-7(9)12-8/h6H,2-5H2,1H3. The highest BCUT2D eigenvalue weighted by Gasteiger charge is 1.99. The molecular weight excluding hydrogens is 173 g/mol. The first-order valence-corrected chi connectivity index (χ1v) is 4.30. The van der Waals surface area contributed by atoms with E-state index < -0.39 is 6.08 Å². The van der Waals surface area contributed by atoms with Crippen LogP contribution in [0.2, 0.25) is 0 Å². The Morgan fingerprint density at radius 1 is 1.38 bits per heavy atom. The molecule has 0 N–H and O–H groups in total. The van der Waals surface area contributed by atoms with E-state index in [1.54, 1.807) is 0 Å². The van der Waals surface area contributed by atoms with Gasteiger partial charge in [0.15, 0.2) is 0 Å². The molecule has 0 aliphatic rings. The van der Waals surface area contributed by atoms with Crippen LogP contribution in [-0.4, -0.2) is 21.6 Å². The van der Waals surface area contributed by atoms with Crippen molar-refractivity contribution in [2.24, 2.45) is 0 Å². The number of nitrogens with zero attached hydrogens (tertiary/aromatic N) is 3. The fourth-order valence-electron chi connectivity index (χ4n) is 0.848. The maximum atomic E-state index is 12.4. The Kier molecular flexibility index (Phi) is 4.08. The molecule has 0 aliphatic heterocycles. The van der Waals surface area contributed by atoms with Gasteiger partial charge < -0.3 is 4.74 Å². The van der Waals surface area contributed by atoms with Gasteiger partial charge in [-0.3, -0.25) is 0 Å². The Balaban J connectivity index is 2.28. The van der Waals surface area contributed by atoms with E-state index in [-0.39, 0.29) is 6.01 Å². The quantitative estimate of drug-likeness (QED) is 0.653. The van der Waals surface area contributed by atoms with E-state index in [1.807, 2.05) is 0 Å². The molecule has 0 fully saturated rings. The predicted octanol–water partition coefficient (Wildman–Crippen LogP) is 1.58. The Hall–Kier alpha value is -1.26. The third kappa shape index (κ3) is 3.78. The van der Waals surface area contributed by atoms with Gasteiger partial charge >= 0.3 is 12.1 Å². The van der Waals surface area contributed by atoms with Crippen molar-refractivity contribution in [3.63, 3.8) is 0 Å². The van der Waals surface area contributed by atoms with E-state index >= 15 is 0 Å². The predicted molar refractivity (Wildman–Crippen MR) is 44.8 cm³/mol. The van der Waals surface area contributed by atoms with Crippen molar-refractivity contribution < 1.29 is 9.13 Å². The fraction of sp³-hybridized carbons (Fsp3) is 0.625. The summed E-state index contributed by atoms with van der Waals surface area (Å²) in [7, 11) is 0. The van der Waals surface area contributed by atoms with Crippen molar-refractivity contribution in [2.75, 3.05) is 6.61 Å². The zero-order valence-electron chi connectivity index (χ0n) is 7.53. The summed E-state index contributed by atoms with van der Waals surface area (Å²) in [4.78, 5) is 10.2. The Bertz CT molecular complexity index is 257. The average molecular weight is 185 g/mol. The highest BCUT2D eigenvalue weighted by Crippen LogP contribution is 2.01. The fourth-order valence-corrected chi connectivity index (χ4v) is 0.848. The molecular formula is C8H12FN3O. The zero-order valence-corrected chi connectivity index (χ0v) is 7.53. The van der Waals surface area contributed by atoms with Crippen molar-refractivity contribution in [3.8, 4) is 6.01 Å². The molecule has 1 rings (SSSR count). The largest absolute Gasteiger partial charge is 0.463 e. The smallest absolute Gasteiger partial charge is 0.321 e. The van der Waals surface area contributed by atoms with Gasteiger partial charge in [0, 0.05) is 0 Å². The molecule has 0 saturated heterocycles. The van der Waals surface area contributed by atoms with E-state index in [2.05, 4.69) is 21.9 Å². The van der Waals surface area contributed by atoms with Gasteiger partial charge in [0.25, 0.3) is 0 Å². The number of hydrogen-bond acceptors (Lipinski definition) is 4. The number of hydrogen-bond donors (Lipinski definition) is 0. The summed E-state index contributed by atoms with van der Waals surface area (Å²) in [6.07, 6.45) is 3.43. The molecule has 72 valence electrons. The zero-order chi connectivity index (χ0) is 9.52. The van der Waals surface area contributed by atoms with Gasteiger partial charge in [0.05, 0.1) is 6.61 Å². The molecule has 0 aliphatic carbocycles. The minimum atomic E-state index is -0.805. The van der Waals surface area contributed by atoms with E-state index in [9.17, 15) is 4.39 Å². The normalized spacial score (nSPS) is 10.0. The van der Waals surface area contributed by atoms with Crippen LogP contribution in [0.3, 0.4) is 0 Å². The topological polar surface area (TPSA) is 47.9 Å². The molecule has 0 amide bonds. The Morgan fingerprint density at radius 3 is 2.92 bits per heavy atom. The Morgan fingerprint density at radius 2 is 2.23 bits per heavy atom. The van der Waals surface area contributed by atoms with Gasteiger partial charge in [-0.15, -0.1) is 4.98 Å². The van der Waals surface area contributed by atoms with Gasteiger partial charge in [0.2, 0.25) is 0 Å². The van der Waals surface area contributed by atoms with Crippen LogP contribution in [0.4, 0.5) is 4.39 Å². The average Bonchev–Trinajstić information content (AvgIpc) is 2.13. The lowest BCUT2D eigenvalue weighted by Gasteiger charge is -2.01. The molecule has 0 atom stereocenters. The summed E-state index contributed by atoms with van der Waals surface area (Å²) in [6.45, 7) is 2.62. The molecule has 1 heterocycles. The summed E-state index contributed by atoms with van der Waals surface area (Å²) in [5.41, 5.74) is 0. The van der Waals surface area contributed by atoms with E-state index in [1.165, 1.54) is 0 Å². The first kappa shape index (κ1) is 9.83. The lowest BCUT2D eigenvalue weighted by molar-refractivity contribution is 0.275. The maximum absolute atomic E-state index is 12.4. The van der Waals surface area contributed by atoms with Gasteiger partial charge in [-0.2, -0.15) is 14.4 Å². The number of ether oxygens (including phenoxy) is 1. The van der Waals surface area contributed by atoms with Gasteiger partial charge in [-0.25, -0.2) is 0 Å². The highest BCUT2D eigenvalue weighted by atomic mass is 19.1. The van der Waals surface area contributed by atoms with E-state index in [0.29, 0.717) is 6.61 Å². The van der Waals surface area contributed by atoms with Crippen molar-refractivity contribution in [1.82, 2.24) is 15.0 Å². The summed E-state index contributed by atoms with van der Waals surface area (Å²) in [6, 6.07) is 0.0589. The van der Waals surface area contributed by atoms with Crippen LogP contribution in [0.5, 0.6) is 6.01 Å². The number of halogens is 1. The van der Waals surface area contributed by atoms with E-state index in [0.717, 1.165) is 25.6 Å². The molecule has 1 aromatic heterocycles. The van der Waals surface area contributed by atoms with Crippen LogP contribution in [0, 0.1) is 6.08 Å². The number of unbranched alkanes of at least 4 members (excludes halogenated alkanes) is 2. The van der Waals surface area contributed by atoms with Gasteiger partial charge in [0.1, 0.15) is 6.33 Å². The van der Waals surface area contributed by atoms with Crippen LogP contribution in [0.1, 0.15) is 26.2 Å². The minimum absolute atomic E-state index is 0.0589. The van der Waals surface area contributed by atoms with Crippen molar-refractivity contribution in [1.29, 1.82) is 0 Å². The highest BCUT2D eigenvalue weighted by molar-refractivity contribution is 4.87. The van der Waals surface area contributed by atoms with Crippen LogP contribution in [0.25, 0.3) is 0 Å². The third-order valence-electron chi connectivity index (χ3n) is 1.50. The van der Waals surface area contributed by atoms with Crippen LogP contribution < -0.4 is 4.74 Å². The van der Waals surface area contributed by atoms with Crippen molar-refractivity contribution >= 4 is 0 Å². The molecule has 0 spiro atoms. The molecule has 0 unspecified atom stereocenters.